The number of nitrogens with zero attached hydrogens (tertiary/aromatic N) is 2. The van der Waals surface area contributed by atoms with Gasteiger partial charge in [0.1, 0.15) is 0 Å². The minimum Gasteiger partial charge on any atom is -0.339 e. The SMILES string of the molecule is O=C(c1cccc(N2C(=O)[C@@H]3[C@H]4C=C[C@@H]([C@@H]5C[C@H]45)[C@@H]3C2=O)c1)N1CCCCC1. The molecule has 1 aromatic carbocycles. The van der Waals surface area contributed by atoms with Gasteiger partial charge in [0.25, 0.3) is 5.91 Å². The van der Waals surface area contributed by atoms with Crippen molar-refractivity contribution >= 4 is 23.4 Å². The van der Waals surface area contributed by atoms with Gasteiger partial charge >= 0.3 is 0 Å². The van der Waals surface area contributed by atoms with E-state index < -0.39 is 0 Å². The van der Waals surface area contributed by atoms with E-state index in [9.17, 15) is 14.4 Å². The summed E-state index contributed by atoms with van der Waals surface area (Å²) in [5.41, 5.74) is 1.12. The average Bonchev–Trinajstić information content (AvgIpc) is 3.52. The second kappa shape index (κ2) is 5.79. The number of carbonyl (C=O) groups excluding carboxylic acids is 3. The van der Waals surface area contributed by atoms with Crippen molar-refractivity contribution in [2.45, 2.75) is 25.7 Å². The first-order chi connectivity index (χ1) is 13.6. The first-order valence-electron chi connectivity index (χ1n) is 10.6. The van der Waals surface area contributed by atoms with Gasteiger partial charge in [-0.3, -0.25) is 14.4 Å². The Bertz CT molecular complexity index is 880. The lowest BCUT2D eigenvalue weighted by Gasteiger charge is -2.37. The summed E-state index contributed by atoms with van der Waals surface area (Å²) >= 11 is 0. The van der Waals surface area contributed by atoms with Crippen LogP contribution in [-0.2, 0) is 9.59 Å². The Balaban J connectivity index is 1.31. The lowest BCUT2D eigenvalue weighted by molar-refractivity contribution is -0.124. The Labute approximate surface area is 164 Å². The number of benzene rings is 1. The Morgan fingerprint density at radius 2 is 1.54 bits per heavy atom. The van der Waals surface area contributed by atoms with Crippen molar-refractivity contribution in [3.8, 4) is 0 Å². The van der Waals surface area contributed by atoms with Gasteiger partial charge in [-0.25, -0.2) is 4.90 Å². The fourth-order valence-corrected chi connectivity index (χ4v) is 6.27. The van der Waals surface area contributed by atoms with Crippen molar-refractivity contribution in [2.24, 2.45) is 35.5 Å². The molecule has 1 aromatic rings. The van der Waals surface area contributed by atoms with Crippen LogP contribution in [0, 0.1) is 35.5 Å². The van der Waals surface area contributed by atoms with E-state index in [1.54, 1.807) is 24.3 Å². The van der Waals surface area contributed by atoms with Crippen molar-refractivity contribution in [3.05, 3.63) is 42.0 Å². The average molecular weight is 376 g/mol. The van der Waals surface area contributed by atoms with Crippen molar-refractivity contribution < 1.29 is 14.4 Å². The fourth-order valence-electron chi connectivity index (χ4n) is 6.27. The predicted molar refractivity (Wildman–Crippen MR) is 103 cm³/mol. The van der Waals surface area contributed by atoms with E-state index in [1.165, 1.54) is 11.3 Å². The zero-order valence-electron chi connectivity index (χ0n) is 15.8. The van der Waals surface area contributed by atoms with Gasteiger partial charge in [-0.15, -0.1) is 0 Å². The quantitative estimate of drug-likeness (QED) is 0.589. The molecule has 6 atom stereocenters. The molecule has 7 rings (SSSR count). The third kappa shape index (κ3) is 2.16. The summed E-state index contributed by atoms with van der Waals surface area (Å²) < 4.78 is 0. The monoisotopic (exact) mass is 376 g/mol. The van der Waals surface area contributed by atoms with E-state index in [4.69, 9.17) is 0 Å². The maximum absolute atomic E-state index is 13.3. The first kappa shape index (κ1) is 16.5. The zero-order valence-corrected chi connectivity index (χ0v) is 15.8. The first-order valence-corrected chi connectivity index (χ1v) is 10.6. The Kier molecular flexibility index (Phi) is 3.41. The molecular formula is C23H24N2O3. The summed E-state index contributed by atoms with van der Waals surface area (Å²) in [7, 11) is 0. The molecular weight excluding hydrogens is 352 g/mol. The number of hydrogen-bond acceptors (Lipinski definition) is 3. The van der Waals surface area contributed by atoms with Gasteiger partial charge in [0.2, 0.25) is 11.8 Å². The molecule has 2 bridgehead atoms. The summed E-state index contributed by atoms with van der Waals surface area (Å²) in [6.45, 7) is 1.57. The molecule has 0 unspecified atom stereocenters. The van der Waals surface area contributed by atoms with Crippen LogP contribution in [0.4, 0.5) is 5.69 Å². The number of anilines is 1. The van der Waals surface area contributed by atoms with Crippen LogP contribution in [0.15, 0.2) is 36.4 Å². The molecule has 0 radical (unpaired) electrons. The Morgan fingerprint density at radius 1 is 0.893 bits per heavy atom. The van der Waals surface area contributed by atoms with Crippen molar-refractivity contribution in [1.82, 2.24) is 4.90 Å². The van der Waals surface area contributed by atoms with Crippen LogP contribution in [0.1, 0.15) is 36.0 Å². The smallest absolute Gasteiger partial charge is 0.253 e. The standard InChI is InChI=1S/C23H24N2O3/c26-21(24-9-2-1-3-10-24)13-5-4-6-14(11-13)25-22(27)19-15-7-8-16(18-12-17(15)18)20(19)23(25)28/h4-8,11,15-20H,1-3,9-10,12H2/t15-,16-,17-,18+,19-,20+/m0/s1. The molecule has 5 nitrogen and oxygen atoms in total. The summed E-state index contributed by atoms with van der Waals surface area (Å²) in [4.78, 5) is 42.7. The summed E-state index contributed by atoms with van der Waals surface area (Å²) in [6.07, 6.45) is 8.78. The highest BCUT2D eigenvalue weighted by atomic mass is 16.2. The van der Waals surface area contributed by atoms with Crippen LogP contribution in [0.3, 0.4) is 0 Å². The summed E-state index contributed by atoms with van der Waals surface area (Å²) in [5, 5.41) is 0. The molecule has 28 heavy (non-hydrogen) atoms. The molecule has 5 heteroatoms. The largest absolute Gasteiger partial charge is 0.339 e. The number of amides is 3. The van der Waals surface area contributed by atoms with Crippen LogP contribution >= 0.6 is 0 Å². The van der Waals surface area contributed by atoms with E-state index in [0.717, 1.165) is 32.4 Å². The van der Waals surface area contributed by atoms with E-state index >= 15 is 0 Å². The highest BCUT2D eigenvalue weighted by molar-refractivity contribution is 6.23. The van der Waals surface area contributed by atoms with Gasteiger partial charge in [0, 0.05) is 18.7 Å². The number of hydrogen-bond donors (Lipinski definition) is 0. The van der Waals surface area contributed by atoms with E-state index in [1.807, 2.05) is 4.90 Å². The predicted octanol–water partition coefficient (Wildman–Crippen LogP) is 2.87. The lowest BCUT2D eigenvalue weighted by atomic mass is 9.63. The molecule has 2 aliphatic heterocycles. The molecule has 0 N–H and O–H groups in total. The molecule has 0 spiro atoms. The van der Waals surface area contributed by atoms with Gasteiger partial charge in [-0.2, -0.15) is 0 Å². The molecule has 144 valence electrons. The third-order valence-electron chi connectivity index (χ3n) is 7.66. The third-order valence-corrected chi connectivity index (χ3v) is 7.66. The highest BCUT2D eigenvalue weighted by Gasteiger charge is 2.67. The van der Waals surface area contributed by atoms with Gasteiger partial charge in [0.05, 0.1) is 17.5 Å². The van der Waals surface area contributed by atoms with Gasteiger partial charge in [-0.05, 0) is 67.6 Å². The lowest BCUT2D eigenvalue weighted by Crippen LogP contribution is -2.40. The van der Waals surface area contributed by atoms with Crippen LogP contribution < -0.4 is 4.90 Å². The molecule has 3 amide bonds. The minimum absolute atomic E-state index is 0.000965. The van der Waals surface area contributed by atoms with Crippen molar-refractivity contribution in [1.29, 1.82) is 0 Å². The number of likely N-dealkylation sites (tertiary alicyclic amines) is 1. The van der Waals surface area contributed by atoms with Crippen molar-refractivity contribution in [3.63, 3.8) is 0 Å². The number of piperidine rings is 1. The van der Waals surface area contributed by atoms with Gasteiger partial charge in [0.15, 0.2) is 0 Å². The van der Waals surface area contributed by atoms with Crippen molar-refractivity contribution in [2.75, 3.05) is 18.0 Å². The van der Waals surface area contributed by atoms with Crippen LogP contribution in [0.2, 0.25) is 0 Å². The number of carbonyl (C=O) groups is 3. The summed E-state index contributed by atoms with van der Waals surface area (Å²) in [6, 6.07) is 7.11. The summed E-state index contributed by atoms with van der Waals surface area (Å²) in [5.74, 6) is 1.10. The van der Waals surface area contributed by atoms with Crippen LogP contribution in [0.25, 0.3) is 0 Å². The second-order valence-corrected chi connectivity index (χ2v) is 9.07. The molecule has 2 heterocycles. The maximum atomic E-state index is 13.3. The number of rotatable bonds is 2. The Hall–Kier alpha value is -2.43. The molecule has 2 saturated heterocycles. The van der Waals surface area contributed by atoms with E-state index in [2.05, 4.69) is 12.2 Å². The Morgan fingerprint density at radius 3 is 2.18 bits per heavy atom. The molecule has 2 saturated carbocycles. The zero-order chi connectivity index (χ0) is 19.0. The van der Waals surface area contributed by atoms with E-state index in [0.29, 0.717) is 23.1 Å². The van der Waals surface area contributed by atoms with E-state index in [-0.39, 0.29) is 41.4 Å². The molecule has 4 aliphatic carbocycles. The topological polar surface area (TPSA) is 57.7 Å². The fraction of sp³-hybridized carbons (Fsp3) is 0.522. The maximum Gasteiger partial charge on any atom is 0.253 e. The van der Waals surface area contributed by atoms with Gasteiger partial charge < -0.3 is 4.90 Å². The minimum atomic E-state index is -0.201. The number of imide groups is 1. The van der Waals surface area contributed by atoms with Crippen LogP contribution in [-0.4, -0.2) is 35.7 Å². The second-order valence-electron chi connectivity index (χ2n) is 9.07. The normalized spacial score (nSPS) is 37.9. The molecule has 6 aliphatic rings. The highest BCUT2D eigenvalue weighted by Crippen LogP contribution is 2.65. The van der Waals surface area contributed by atoms with Gasteiger partial charge in [-0.1, -0.05) is 18.2 Å². The molecule has 4 fully saturated rings. The van der Waals surface area contributed by atoms with Crippen LogP contribution in [0.5, 0.6) is 0 Å². The molecule has 0 aromatic heterocycles. The number of allylic oxidation sites excluding steroid dienone is 2.